The minimum atomic E-state index is 0.503. The lowest BCUT2D eigenvalue weighted by atomic mass is 10.1. The van der Waals surface area contributed by atoms with Crippen molar-refractivity contribution in [1.29, 1.82) is 0 Å². The second-order valence-corrected chi connectivity index (χ2v) is 2.68. The highest BCUT2D eigenvalue weighted by atomic mass is 35.5. The molecule has 1 heterocycles. The number of aryl methyl sites for hydroxylation is 1. The maximum atomic E-state index is 5.71. The standard InChI is InChI=1S/C7H9ClN2/c1-4-5(2)7(8)10-9-6(4)3/h1-3H3. The van der Waals surface area contributed by atoms with Gasteiger partial charge in [0, 0.05) is 0 Å². The van der Waals surface area contributed by atoms with Gasteiger partial charge in [0.25, 0.3) is 0 Å². The van der Waals surface area contributed by atoms with Crippen molar-refractivity contribution in [2.75, 3.05) is 0 Å². The van der Waals surface area contributed by atoms with E-state index >= 15 is 0 Å². The SMILES string of the molecule is Cc1nnc(Cl)c(C)c1C. The Morgan fingerprint density at radius 2 is 1.60 bits per heavy atom. The average Bonchev–Trinajstić information content (AvgIpc) is 1.93. The summed E-state index contributed by atoms with van der Waals surface area (Å²) < 4.78 is 0. The van der Waals surface area contributed by atoms with Crippen molar-refractivity contribution in [2.24, 2.45) is 0 Å². The minimum absolute atomic E-state index is 0.503. The predicted molar refractivity (Wildman–Crippen MR) is 41.3 cm³/mol. The minimum Gasteiger partial charge on any atom is -0.154 e. The predicted octanol–water partition coefficient (Wildman–Crippen LogP) is 2.06. The summed E-state index contributed by atoms with van der Waals surface area (Å²) in [6.07, 6.45) is 0. The largest absolute Gasteiger partial charge is 0.154 e. The number of halogens is 1. The molecule has 0 atom stereocenters. The third-order valence-corrected chi connectivity index (χ3v) is 2.06. The van der Waals surface area contributed by atoms with Crippen LogP contribution in [0.15, 0.2) is 0 Å². The van der Waals surface area contributed by atoms with Gasteiger partial charge in [0.1, 0.15) is 0 Å². The summed E-state index contributed by atoms with van der Waals surface area (Å²) in [5.41, 5.74) is 3.09. The molecule has 0 fully saturated rings. The van der Waals surface area contributed by atoms with Crippen molar-refractivity contribution in [1.82, 2.24) is 10.2 Å². The van der Waals surface area contributed by atoms with E-state index in [2.05, 4.69) is 10.2 Å². The summed E-state index contributed by atoms with van der Waals surface area (Å²) in [6, 6.07) is 0. The van der Waals surface area contributed by atoms with E-state index in [9.17, 15) is 0 Å². The lowest BCUT2D eigenvalue weighted by Crippen LogP contribution is -1.94. The van der Waals surface area contributed by atoms with Crippen molar-refractivity contribution >= 4 is 11.6 Å². The molecule has 10 heavy (non-hydrogen) atoms. The number of nitrogens with zero attached hydrogens (tertiary/aromatic N) is 2. The maximum absolute atomic E-state index is 5.71. The Labute approximate surface area is 65.2 Å². The maximum Gasteiger partial charge on any atom is 0.154 e. The van der Waals surface area contributed by atoms with Gasteiger partial charge in [-0.1, -0.05) is 11.6 Å². The van der Waals surface area contributed by atoms with E-state index in [1.165, 1.54) is 0 Å². The second kappa shape index (κ2) is 2.54. The molecule has 0 aliphatic rings. The zero-order valence-corrected chi connectivity index (χ0v) is 7.03. The van der Waals surface area contributed by atoms with Gasteiger partial charge in [-0.05, 0) is 31.9 Å². The van der Waals surface area contributed by atoms with Gasteiger partial charge in [0.05, 0.1) is 5.69 Å². The van der Waals surface area contributed by atoms with Crippen LogP contribution in [0.25, 0.3) is 0 Å². The van der Waals surface area contributed by atoms with Crippen LogP contribution in [0.5, 0.6) is 0 Å². The van der Waals surface area contributed by atoms with Gasteiger partial charge < -0.3 is 0 Å². The second-order valence-electron chi connectivity index (χ2n) is 2.33. The lowest BCUT2D eigenvalue weighted by Gasteiger charge is -2.01. The van der Waals surface area contributed by atoms with Gasteiger partial charge in [-0.25, -0.2) is 0 Å². The van der Waals surface area contributed by atoms with E-state index in [4.69, 9.17) is 11.6 Å². The van der Waals surface area contributed by atoms with Crippen LogP contribution in [0.3, 0.4) is 0 Å². The number of rotatable bonds is 0. The highest BCUT2D eigenvalue weighted by molar-refractivity contribution is 6.30. The van der Waals surface area contributed by atoms with Gasteiger partial charge >= 0.3 is 0 Å². The van der Waals surface area contributed by atoms with Crippen molar-refractivity contribution in [3.8, 4) is 0 Å². The molecule has 1 rings (SSSR count). The summed E-state index contributed by atoms with van der Waals surface area (Å²) in [5, 5.41) is 8.11. The molecule has 0 aromatic carbocycles. The number of aromatic nitrogens is 2. The van der Waals surface area contributed by atoms with Gasteiger partial charge in [-0.15, -0.1) is 5.10 Å². The van der Waals surface area contributed by atoms with E-state index in [-0.39, 0.29) is 0 Å². The molecule has 0 aliphatic heterocycles. The van der Waals surface area contributed by atoms with Crippen LogP contribution in [-0.2, 0) is 0 Å². The molecule has 0 N–H and O–H groups in total. The molecule has 0 saturated heterocycles. The fraction of sp³-hybridized carbons (Fsp3) is 0.429. The molecular weight excluding hydrogens is 148 g/mol. The van der Waals surface area contributed by atoms with Crippen LogP contribution >= 0.6 is 11.6 Å². The van der Waals surface area contributed by atoms with E-state index in [0.29, 0.717) is 5.15 Å². The normalized spacial score (nSPS) is 10.0. The van der Waals surface area contributed by atoms with E-state index in [1.807, 2.05) is 20.8 Å². The summed E-state index contributed by atoms with van der Waals surface area (Å²) in [5.74, 6) is 0. The Morgan fingerprint density at radius 3 is 2.10 bits per heavy atom. The molecular formula is C7H9ClN2. The zero-order chi connectivity index (χ0) is 7.72. The molecule has 1 aromatic rings. The molecule has 2 nitrogen and oxygen atoms in total. The molecule has 0 unspecified atom stereocenters. The molecule has 0 aliphatic carbocycles. The van der Waals surface area contributed by atoms with Crippen LogP contribution in [-0.4, -0.2) is 10.2 Å². The van der Waals surface area contributed by atoms with Crippen LogP contribution in [0.4, 0.5) is 0 Å². The van der Waals surface area contributed by atoms with Crippen LogP contribution < -0.4 is 0 Å². The zero-order valence-electron chi connectivity index (χ0n) is 6.27. The summed E-state index contributed by atoms with van der Waals surface area (Å²) in [6.45, 7) is 5.86. The van der Waals surface area contributed by atoms with Crippen molar-refractivity contribution in [2.45, 2.75) is 20.8 Å². The molecule has 0 bridgehead atoms. The lowest BCUT2D eigenvalue weighted by molar-refractivity contribution is 0.945. The van der Waals surface area contributed by atoms with Gasteiger partial charge in [-0.3, -0.25) is 0 Å². The van der Waals surface area contributed by atoms with E-state index < -0.39 is 0 Å². The van der Waals surface area contributed by atoms with E-state index in [1.54, 1.807) is 0 Å². The Balaban J connectivity index is 3.34. The van der Waals surface area contributed by atoms with Crippen molar-refractivity contribution < 1.29 is 0 Å². The Hall–Kier alpha value is -0.630. The topological polar surface area (TPSA) is 25.8 Å². The molecule has 0 spiro atoms. The molecule has 1 aromatic heterocycles. The average molecular weight is 157 g/mol. The summed E-state index contributed by atoms with van der Waals surface area (Å²) in [7, 11) is 0. The smallest absolute Gasteiger partial charge is 0.154 e. The van der Waals surface area contributed by atoms with Crippen LogP contribution in [0.1, 0.15) is 16.8 Å². The van der Waals surface area contributed by atoms with Crippen LogP contribution in [0, 0.1) is 20.8 Å². The molecule has 3 heteroatoms. The first-order chi connectivity index (χ1) is 4.63. The Bertz CT molecular complexity index is 231. The Morgan fingerprint density at radius 1 is 1.00 bits per heavy atom. The number of hydrogen-bond acceptors (Lipinski definition) is 2. The monoisotopic (exact) mass is 156 g/mol. The third kappa shape index (κ3) is 1.12. The van der Waals surface area contributed by atoms with Gasteiger partial charge in [-0.2, -0.15) is 5.10 Å². The quantitative estimate of drug-likeness (QED) is 0.575. The van der Waals surface area contributed by atoms with Crippen molar-refractivity contribution in [3.63, 3.8) is 0 Å². The fourth-order valence-corrected chi connectivity index (χ4v) is 0.875. The molecule has 0 radical (unpaired) electrons. The fourth-order valence-electron chi connectivity index (χ4n) is 0.695. The highest BCUT2D eigenvalue weighted by Crippen LogP contribution is 2.15. The van der Waals surface area contributed by atoms with Crippen molar-refractivity contribution in [3.05, 3.63) is 22.0 Å². The summed E-state index contributed by atoms with van der Waals surface area (Å²) in [4.78, 5) is 0. The first-order valence-electron chi connectivity index (χ1n) is 3.09. The van der Waals surface area contributed by atoms with Gasteiger partial charge in [0.15, 0.2) is 5.15 Å². The molecule has 0 saturated carbocycles. The first-order valence-corrected chi connectivity index (χ1v) is 3.46. The first kappa shape index (κ1) is 7.48. The Kier molecular flexibility index (Phi) is 1.90. The van der Waals surface area contributed by atoms with Crippen LogP contribution in [0.2, 0.25) is 5.15 Å². The van der Waals surface area contributed by atoms with E-state index in [0.717, 1.165) is 16.8 Å². The van der Waals surface area contributed by atoms with Gasteiger partial charge in [0.2, 0.25) is 0 Å². The highest BCUT2D eigenvalue weighted by Gasteiger charge is 2.02. The third-order valence-electron chi connectivity index (χ3n) is 1.70. The number of hydrogen-bond donors (Lipinski definition) is 0. The molecule has 0 amide bonds. The molecule has 54 valence electrons. The summed E-state index contributed by atoms with van der Waals surface area (Å²) >= 11 is 5.71.